The maximum Gasteiger partial charge on any atom is 0.254 e. The number of likely N-dealkylation sites (tertiary alicyclic amines) is 1. The summed E-state index contributed by atoms with van der Waals surface area (Å²) in [5.74, 6) is -0.568. The molecule has 1 aromatic rings. The van der Waals surface area contributed by atoms with Crippen LogP contribution in [-0.4, -0.2) is 29.3 Å². The summed E-state index contributed by atoms with van der Waals surface area (Å²) in [5.41, 5.74) is 6.99. The topological polar surface area (TPSA) is 63.4 Å². The van der Waals surface area contributed by atoms with E-state index in [0.717, 1.165) is 22.9 Å². The first kappa shape index (κ1) is 15.0. The average Bonchev–Trinajstić information content (AvgIpc) is 2.38. The Hall–Kier alpha value is -1.36. The number of nitrogens with zero attached hydrogens (tertiary/aromatic N) is 1. The Labute approximate surface area is 127 Å². The third-order valence-electron chi connectivity index (χ3n) is 3.96. The van der Waals surface area contributed by atoms with Gasteiger partial charge in [-0.3, -0.25) is 9.59 Å². The van der Waals surface area contributed by atoms with Crippen LogP contribution in [0.1, 0.15) is 35.7 Å². The molecule has 0 bridgehead atoms. The van der Waals surface area contributed by atoms with Gasteiger partial charge in [0.2, 0.25) is 5.91 Å². The van der Waals surface area contributed by atoms with Crippen LogP contribution in [0, 0.1) is 12.8 Å². The summed E-state index contributed by atoms with van der Waals surface area (Å²) in [4.78, 5) is 25.8. The van der Waals surface area contributed by atoms with Gasteiger partial charge in [-0.15, -0.1) is 0 Å². The zero-order valence-corrected chi connectivity index (χ0v) is 13.3. The Bertz CT molecular complexity index is 545. The number of benzene rings is 1. The van der Waals surface area contributed by atoms with Crippen LogP contribution in [0.3, 0.4) is 0 Å². The minimum atomic E-state index is -0.317. The van der Waals surface area contributed by atoms with Crippen LogP contribution in [0.15, 0.2) is 22.7 Å². The number of hydrogen-bond acceptors (Lipinski definition) is 2. The van der Waals surface area contributed by atoms with Gasteiger partial charge in [0.1, 0.15) is 0 Å². The lowest BCUT2D eigenvalue weighted by molar-refractivity contribution is -0.123. The molecular formula is C15H19BrN2O2. The Morgan fingerprint density at radius 1 is 1.35 bits per heavy atom. The average molecular weight is 339 g/mol. The van der Waals surface area contributed by atoms with E-state index in [0.29, 0.717) is 12.1 Å². The Morgan fingerprint density at radius 2 is 2.05 bits per heavy atom. The Morgan fingerprint density at radius 3 is 2.65 bits per heavy atom. The third kappa shape index (κ3) is 3.03. The van der Waals surface area contributed by atoms with E-state index in [1.54, 1.807) is 4.90 Å². The summed E-state index contributed by atoms with van der Waals surface area (Å²) in [5, 5.41) is 0. The molecule has 2 atom stereocenters. The van der Waals surface area contributed by atoms with Gasteiger partial charge in [-0.1, -0.05) is 15.9 Å². The molecule has 0 aromatic heterocycles. The molecule has 1 heterocycles. The molecule has 1 fully saturated rings. The fraction of sp³-hybridized carbons (Fsp3) is 0.467. The Balaban J connectivity index is 2.24. The molecule has 4 nitrogen and oxygen atoms in total. The molecule has 1 aliphatic heterocycles. The van der Waals surface area contributed by atoms with E-state index in [1.807, 2.05) is 32.0 Å². The normalized spacial score (nSPS) is 22.6. The number of hydrogen-bond donors (Lipinski definition) is 1. The molecule has 108 valence electrons. The number of nitrogens with two attached hydrogens (primary N) is 1. The van der Waals surface area contributed by atoms with Crippen LogP contribution in [0.5, 0.6) is 0 Å². The fourth-order valence-electron chi connectivity index (χ4n) is 2.64. The van der Waals surface area contributed by atoms with E-state index in [-0.39, 0.29) is 23.8 Å². The lowest BCUT2D eigenvalue weighted by Gasteiger charge is -2.37. The fourth-order valence-corrected chi connectivity index (χ4v) is 3.12. The first-order valence-corrected chi connectivity index (χ1v) is 7.56. The third-order valence-corrected chi connectivity index (χ3v) is 4.46. The van der Waals surface area contributed by atoms with Gasteiger partial charge in [0, 0.05) is 22.6 Å². The predicted molar refractivity (Wildman–Crippen MR) is 81.3 cm³/mol. The first-order valence-electron chi connectivity index (χ1n) is 6.76. The van der Waals surface area contributed by atoms with Gasteiger partial charge in [0.05, 0.1) is 5.92 Å². The maximum atomic E-state index is 12.7. The second-order valence-electron chi connectivity index (χ2n) is 5.44. The predicted octanol–water partition coefficient (Wildman–Crippen LogP) is 2.48. The van der Waals surface area contributed by atoms with Crippen LogP contribution in [0.25, 0.3) is 0 Å². The van der Waals surface area contributed by atoms with E-state index < -0.39 is 0 Å². The van der Waals surface area contributed by atoms with E-state index in [2.05, 4.69) is 15.9 Å². The summed E-state index contributed by atoms with van der Waals surface area (Å²) in [6.07, 6.45) is 1.58. The van der Waals surface area contributed by atoms with Crippen molar-refractivity contribution in [1.82, 2.24) is 4.90 Å². The lowest BCUT2D eigenvalue weighted by atomic mass is 9.92. The van der Waals surface area contributed by atoms with Crippen molar-refractivity contribution in [3.8, 4) is 0 Å². The van der Waals surface area contributed by atoms with Crippen LogP contribution in [0.2, 0.25) is 0 Å². The number of piperidine rings is 1. The van der Waals surface area contributed by atoms with Crippen LogP contribution in [0.4, 0.5) is 0 Å². The minimum absolute atomic E-state index is 0.0200. The number of aryl methyl sites for hydroxylation is 1. The standard InChI is InChI=1S/C15H19BrN2O2/c1-9-7-12(16)5-6-13(9)15(20)18-8-11(14(17)19)4-3-10(18)2/h5-7,10-11H,3-4,8H2,1-2H3,(H2,17,19)/t10-,11+/m0/s1. The molecule has 1 aliphatic rings. The van der Waals surface area contributed by atoms with Crippen LogP contribution >= 0.6 is 15.9 Å². The molecule has 2 amide bonds. The van der Waals surface area contributed by atoms with E-state index in [9.17, 15) is 9.59 Å². The highest BCUT2D eigenvalue weighted by Crippen LogP contribution is 2.25. The molecule has 0 radical (unpaired) electrons. The van der Waals surface area contributed by atoms with Crippen molar-refractivity contribution < 1.29 is 9.59 Å². The number of rotatable bonds is 2. The lowest BCUT2D eigenvalue weighted by Crippen LogP contribution is -2.48. The molecule has 2 rings (SSSR count). The van der Waals surface area contributed by atoms with Crippen molar-refractivity contribution >= 4 is 27.7 Å². The van der Waals surface area contributed by atoms with Gasteiger partial charge in [-0.05, 0) is 50.5 Å². The zero-order chi connectivity index (χ0) is 14.9. The summed E-state index contributed by atoms with van der Waals surface area (Å²) >= 11 is 3.40. The number of primary amides is 1. The Kier molecular flexibility index (Phi) is 4.48. The molecule has 0 unspecified atom stereocenters. The largest absolute Gasteiger partial charge is 0.369 e. The van der Waals surface area contributed by atoms with Crippen LogP contribution in [-0.2, 0) is 4.79 Å². The molecular weight excluding hydrogens is 320 g/mol. The van der Waals surface area contributed by atoms with Crippen molar-refractivity contribution in [3.05, 3.63) is 33.8 Å². The summed E-state index contributed by atoms with van der Waals surface area (Å²) < 4.78 is 0.952. The molecule has 1 saturated heterocycles. The monoisotopic (exact) mass is 338 g/mol. The molecule has 0 spiro atoms. The van der Waals surface area contributed by atoms with E-state index in [4.69, 9.17) is 5.73 Å². The van der Waals surface area contributed by atoms with Crippen molar-refractivity contribution in [3.63, 3.8) is 0 Å². The van der Waals surface area contributed by atoms with Crippen LogP contribution < -0.4 is 5.73 Å². The summed E-state index contributed by atoms with van der Waals surface area (Å²) in [6, 6.07) is 5.75. The highest BCUT2D eigenvalue weighted by Gasteiger charge is 2.32. The molecule has 0 aliphatic carbocycles. The maximum absolute atomic E-state index is 12.7. The quantitative estimate of drug-likeness (QED) is 0.900. The second-order valence-corrected chi connectivity index (χ2v) is 6.36. The van der Waals surface area contributed by atoms with Crippen molar-refractivity contribution in [2.45, 2.75) is 32.7 Å². The molecule has 20 heavy (non-hydrogen) atoms. The zero-order valence-electron chi connectivity index (χ0n) is 11.7. The van der Waals surface area contributed by atoms with E-state index in [1.165, 1.54) is 0 Å². The SMILES string of the molecule is Cc1cc(Br)ccc1C(=O)N1C[C@H](C(N)=O)CC[C@@H]1C. The second kappa shape index (κ2) is 5.95. The van der Waals surface area contributed by atoms with Gasteiger partial charge >= 0.3 is 0 Å². The molecule has 2 N–H and O–H groups in total. The summed E-state index contributed by atoms with van der Waals surface area (Å²) in [7, 11) is 0. The van der Waals surface area contributed by atoms with Gasteiger partial charge in [-0.2, -0.15) is 0 Å². The van der Waals surface area contributed by atoms with Crippen molar-refractivity contribution in [2.75, 3.05) is 6.54 Å². The highest BCUT2D eigenvalue weighted by molar-refractivity contribution is 9.10. The highest BCUT2D eigenvalue weighted by atomic mass is 79.9. The van der Waals surface area contributed by atoms with Gasteiger partial charge in [0.25, 0.3) is 5.91 Å². The molecule has 5 heteroatoms. The van der Waals surface area contributed by atoms with Gasteiger partial charge < -0.3 is 10.6 Å². The van der Waals surface area contributed by atoms with E-state index >= 15 is 0 Å². The first-order chi connectivity index (χ1) is 9.40. The summed E-state index contributed by atoms with van der Waals surface area (Å²) in [6.45, 7) is 4.35. The number of carbonyl (C=O) groups is 2. The number of carbonyl (C=O) groups excluding carboxylic acids is 2. The number of amides is 2. The molecule has 0 saturated carbocycles. The van der Waals surface area contributed by atoms with Crippen molar-refractivity contribution in [1.29, 1.82) is 0 Å². The number of halogens is 1. The van der Waals surface area contributed by atoms with Gasteiger partial charge in [0.15, 0.2) is 0 Å². The van der Waals surface area contributed by atoms with Gasteiger partial charge in [-0.25, -0.2) is 0 Å². The minimum Gasteiger partial charge on any atom is -0.369 e. The molecule has 1 aromatic carbocycles. The van der Waals surface area contributed by atoms with Crippen molar-refractivity contribution in [2.24, 2.45) is 11.7 Å². The smallest absolute Gasteiger partial charge is 0.254 e.